The van der Waals surface area contributed by atoms with Crippen molar-refractivity contribution in [2.24, 2.45) is 0 Å². The van der Waals surface area contributed by atoms with Crippen LogP contribution in [0.1, 0.15) is 29.2 Å². The van der Waals surface area contributed by atoms with Gasteiger partial charge in [-0.3, -0.25) is 0 Å². The summed E-state index contributed by atoms with van der Waals surface area (Å²) < 4.78 is 11.1. The van der Waals surface area contributed by atoms with E-state index in [2.05, 4.69) is 60.7 Å². The molecule has 1 aliphatic heterocycles. The third-order valence-corrected chi connectivity index (χ3v) is 5.76. The van der Waals surface area contributed by atoms with Crippen molar-refractivity contribution in [1.82, 2.24) is 10.2 Å². The molecule has 0 saturated carbocycles. The summed E-state index contributed by atoms with van der Waals surface area (Å²) in [5.74, 6) is 1.53. The minimum atomic E-state index is 0.0548. The molecule has 2 aromatic carbocycles. The molecule has 0 radical (unpaired) electrons. The molecule has 1 heterocycles. The summed E-state index contributed by atoms with van der Waals surface area (Å²) >= 11 is 5.82. The lowest BCUT2D eigenvalue weighted by Gasteiger charge is -2.39. The van der Waals surface area contributed by atoms with Crippen molar-refractivity contribution >= 4 is 17.3 Å². The summed E-state index contributed by atoms with van der Waals surface area (Å²) in [6, 6.07) is 14.8. The van der Waals surface area contributed by atoms with Crippen molar-refractivity contribution in [3.63, 3.8) is 0 Å². The van der Waals surface area contributed by atoms with Crippen molar-refractivity contribution < 1.29 is 14.4 Å². The molecule has 0 fully saturated rings. The molecule has 2 N–H and O–H groups in total. The van der Waals surface area contributed by atoms with Gasteiger partial charge in [0.15, 0.2) is 16.6 Å². The molecule has 3 rings (SSSR count). The zero-order valence-corrected chi connectivity index (χ0v) is 18.6. The van der Waals surface area contributed by atoms with Crippen molar-refractivity contribution in [1.29, 1.82) is 0 Å². The number of nitrogens with one attached hydrogen (secondary N) is 2. The first kappa shape index (κ1) is 21.4. The van der Waals surface area contributed by atoms with Crippen molar-refractivity contribution in [2.45, 2.75) is 18.9 Å². The number of rotatable bonds is 7. The Morgan fingerprint density at radius 2 is 1.83 bits per heavy atom. The van der Waals surface area contributed by atoms with Crippen LogP contribution in [0.25, 0.3) is 0 Å². The van der Waals surface area contributed by atoms with Gasteiger partial charge in [0.25, 0.3) is 0 Å². The van der Waals surface area contributed by atoms with Gasteiger partial charge in [0.05, 0.1) is 40.9 Å². The van der Waals surface area contributed by atoms with Gasteiger partial charge in [0.2, 0.25) is 0 Å². The van der Waals surface area contributed by atoms with Crippen LogP contribution in [0.5, 0.6) is 11.5 Å². The van der Waals surface area contributed by atoms with E-state index in [1.165, 1.54) is 21.6 Å². The van der Waals surface area contributed by atoms with Crippen LogP contribution in [0.4, 0.5) is 0 Å². The molecule has 0 saturated heterocycles. The molecule has 0 aliphatic carbocycles. The molecule has 1 aliphatic rings. The normalized spacial score (nSPS) is 15.8. The summed E-state index contributed by atoms with van der Waals surface area (Å²) in [4.78, 5) is 3.76. The van der Waals surface area contributed by atoms with Crippen LogP contribution in [-0.2, 0) is 6.42 Å². The second-order valence-electron chi connectivity index (χ2n) is 7.71. The van der Waals surface area contributed by atoms with Gasteiger partial charge in [-0.2, -0.15) is 0 Å². The smallest absolute Gasteiger partial charge is 0.169 e. The van der Waals surface area contributed by atoms with Crippen LogP contribution in [-0.4, -0.2) is 58.0 Å². The standard InChI is InChI=1S/C23H31N3O2S/c1-25(2)13-8-12-24-23(29)26-14-11-18-15-20(27-3)21(28-4)16-19(18)22(26)17-9-6-5-7-10-17/h5-7,9-10,15-16,22H,8,11-14H2,1-4H3,(H,24,29)/p+1/t22-/m1/s1. The Labute approximate surface area is 179 Å². The fourth-order valence-electron chi connectivity index (χ4n) is 3.90. The van der Waals surface area contributed by atoms with E-state index in [1.807, 2.05) is 6.07 Å². The second-order valence-corrected chi connectivity index (χ2v) is 8.09. The second kappa shape index (κ2) is 9.94. The zero-order chi connectivity index (χ0) is 20.8. The number of fused-ring (bicyclic) bond motifs is 1. The van der Waals surface area contributed by atoms with Crippen LogP contribution < -0.4 is 19.7 Å². The van der Waals surface area contributed by atoms with Crippen LogP contribution >= 0.6 is 12.2 Å². The van der Waals surface area contributed by atoms with E-state index >= 15 is 0 Å². The predicted molar refractivity (Wildman–Crippen MR) is 121 cm³/mol. The van der Waals surface area contributed by atoms with Gasteiger partial charge >= 0.3 is 0 Å². The topological polar surface area (TPSA) is 38.2 Å². The van der Waals surface area contributed by atoms with Crippen LogP contribution in [0.3, 0.4) is 0 Å². The highest BCUT2D eigenvalue weighted by Gasteiger charge is 2.31. The van der Waals surface area contributed by atoms with E-state index in [0.717, 1.165) is 49.1 Å². The first-order valence-electron chi connectivity index (χ1n) is 10.2. The molecule has 0 spiro atoms. The Morgan fingerprint density at radius 1 is 1.14 bits per heavy atom. The van der Waals surface area contributed by atoms with E-state index in [0.29, 0.717) is 0 Å². The number of benzene rings is 2. The van der Waals surface area contributed by atoms with Gasteiger partial charge in [-0.25, -0.2) is 0 Å². The molecule has 2 aromatic rings. The van der Waals surface area contributed by atoms with Gasteiger partial charge in [-0.05, 0) is 47.5 Å². The average molecular weight is 415 g/mol. The fraction of sp³-hybridized carbons (Fsp3) is 0.435. The highest BCUT2D eigenvalue weighted by molar-refractivity contribution is 7.80. The van der Waals surface area contributed by atoms with Gasteiger partial charge in [-0.1, -0.05) is 30.3 Å². The number of ether oxygens (including phenoxy) is 2. The molecule has 156 valence electrons. The third kappa shape index (κ3) is 5.00. The Balaban J connectivity index is 1.91. The molecule has 6 heteroatoms. The third-order valence-electron chi connectivity index (χ3n) is 5.38. The average Bonchev–Trinajstić information content (AvgIpc) is 2.75. The van der Waals surface area contributed by atoms with E-state index in [9.17, 15) is 0 Å². The Hall–Kier alpha value is -2.31. The highest BCUT2D eigenvalue weighted by Crippen LogP contribution is 2.40. The molecule has 0 aromatic heterocycles. The highest BCUT2D eigenvalue weighted by atomic mass is 32.1. The van der Waals surface area contributed by atoms with Crippen molar-refractivity contribution in [2.75, 3.05) is 47.9 Å². The number of quaternary nitrogens is 1. The molecule has 0 unspecified atom stereocenters. The minimum Gasteiger partial charge on any atom is -0.493 e. The largest absolute Gasteiger partial charge is 0.493 e. The molecule has 29 heavy (non-hydrogen) atoms. The minimum absolute atomic E-state index is 0.0548. The fourth-order valence-corrected chi connectivity index (χ4v) is 4.20. The Bertz CT molecular complexity index is 826. The van der Waals surface area contributed by atoms with E-state index in [1.54, 1.807) is 14.2 Å². The van der Waals surface area contributed by atoms with E-state index in [-0.39, 0.29) is 6.04 Å². The number of hydrogen-bond acceptors (Lipinski definition) is 3. The van der Waals surface area contributed by atoms with Crippen molar-refractivity contribution in [3.05, 3.63) is 59.2 Å². The van der Waals surface area contributed by atoms with Crippen molar-refractivity contribution in [3.8, 4) is 11.5 Å². The summed E-state index contributed by atoms with van der Waals surface area (Å²) in [6.07, 6.45) is 2.01. The maximum absolute atomic E-state index is 5.82. The molecular formula is C23H32N3O2S+. The molecule has 1 atom stereocenters. The van der Waals surface area contributed by atoms with Gasteiger partial charge in [0.1, 0.15) is 0 Å². The first-order chi connectivity index (χ1) is 14.0. The number of nitrogens with zero attached hydrogens (tertiary/aromatic N) is 1. The number of hydrogen-bond donors (Lipinski definition) is 2. The van der Waals surface area contributed by atoms with Crippen LogP contribution in [0.15, 0.2) is 42.5 Å². The zero-order valence-electron chi connectivity index (χ0n) is 17.8. The monoisotopic (exact) mass is 414 g/mol. The summed E-state index contributed by atoms with van der Waals surface area (Å²) in [5, 5.41) is 4.29. The summed E-state index contributed by atoms with van der Waals surface area (Å²) in [5.41, 5.74) is 3.73. The first-order valence-corrected chi connectivity index (χ1v) is 10.6. The number of thiocarbonyl (C=S) groups is 1. The van der Waals surface area contributed by atoms with E-state index in [4.69, 9.17) is 21.7 Å². The maximum Gasteiger partial charge on any atom is 0.169 e. The molecule has 0 amide bonds. The van der Waals surface area contributed by atoms with Gasteiger partial charge in [-0.15, -0.1) is 0 Å². The lowest BCUT2D eigenvalue weighted by atomic mass is 9.88. The lowest BCUT2D eigenvalue weighted by Crippen LogP contribution is -3.05. The maximum atomic E-state index is 5.82. The lowest BCUT2D eigenvalue weighted by molar-refractivity contribution is -0.858. The number of methoxy groups -OCH3 is 2. The Morgan fingerprint density at radius 3 is 2.48 bits per heavy atom. The molecule has 5 nitrogen and oxygen atoms in total. The quantitative estimate of drug-likeness (QED) is 0.536. The van der Waals surface area contributed by atoms with E-state index < -0.39 is 0 Å². The predicted octanol–water partition coefficient (Wildman–Crippen LogP) is 2.06. The van der Waals surface area contributed by atoms with Gasteiger partial charge < -0.3 is 24.6 Å². The SMILES string of the molecule is COc1cc2c(cc1OC)[C@@H](c1ccccc1)N(C(=S)NCCC[NH+](C)C)CC2. The van der Waals surface area contributed by atoms with Crippen LogP contribution in [0, 0.1) is 0 Å². The molecular weight excluding hydrogens is 382 g/mol. The summed E-state index contributed by atoms with van der Waals surface area (Å²) in [7, 11) is 7.71. The van der Waals surface area contributed by atoms with Crippen LogP contribution in [0.2, 0.25) is 0 Å². The molecule has 0 bridgehead atoms. The van der Waals surface area contributed by atoms with Gasteiger partial charge in [0, 0.05) is 19.5 Å². The summed E-state index contributed by atoms with van der Waals surface area (Å²) in [6.45, 7) is 2.88. The Kier molecular flexibility index (Phi) is 7.34.